The number of piperazine rings is 1. The van der Waals surface area contributed by atoms with Gasteiger partial charge in [0.25, 0.3) is 11.6 Å². The summed E-state index contributed by atoms with van der Waals surface area (Å²) in [5.41, 5.74) is 3.99. The molecule has 1 fully saturated rings. The molecule has 31 heavy (non-hydrogen) atoms. The zero-order chi connectivity index (χ0) is 22.1. The van der Waals surface area contributed by atoms with Crippen molar-refractivity contribution in [1.82, 2.24) is 14.7 Å². The summed E-state index contributed by atoms with van der Waals surface area (Å²) in [6.45, 7) is 5.93. The van der Waals surface area contributed by atoms with Crippen LogP contribution in [0, 0.1) is 24.0 Å². The number of benzene rings is 2. The smallest absolute Gasteiger partial charge is 0.294 e. The number of aromatic nitrogens is 2. The number of amides is 1. The van der Waals surface area contributed by atoms with Crippen LogP contribution < -0.4 is 4.90 Å². The van der Waals surface area contributed by atoms with Crippen molar-refractivity contribution in [3.8, 4) is 5.69 Å². The minimum Gasteiger partial charge on any atom is -0.362 e. The van der Waals surface area contributed by atoms with Gasteiger partial charge in [-0.2, -0.15) is 5.10 Å². The Morgan fingerprint density at radius 3 is 2.29 bits per heavy atom. The van der Waals surface area contributed by atoms with Crippen LogP contribution in [0.25, 0.3) is 5.69 Å². The highest BCUT2D eigenvalue weighted by Gasteiger charge is 2.26. The van der Waals surface area contributed by atoms with Gasteiger partial charge in [-0.1, -0.05) is 11.6 Å². The summed E-state index contributed by atoms with van der Waals surface area (Å²) in [5, 5.41) is 16.2. The molecule has 8 nitrogen and oxygen atoms in total. The highest BCUT2D eigenvalue weighted by Crippen LogP contribution is 2.31. The Balaban J connectivity index is 1.44. The molecule has 0 aliphatic carbocycles. The number of anilines is 1. The summed E-state index contributed by atoms with van der Waals surface area (Å²) >= 11 is 5.91. The third-order valence-corrected chi connectivity index (χ3v) is 5.65. The summed E-state index contributed by atoms with van der Waals surface area (Å²) in [6, 6.07) is 14.1. The predicted octanol–water partition coefficient (Wildman–Crippen LogP) is 4.01. The summed E-state index contributed by atoms with van der Waals surface area (Å²) in [5.74, 6) is -0.0508. The number of nitrogens with zero attached hydrogens (tertiary/aromatic N) is 5. The van der Waals surface area contributed by atoms with E-state index < -0.39 is 4.92 Å². The predicted molar refractivity (Wildman–Crippen MR) is 119 cm³/mol. The normalized spacial score (nSPS) is 14.0. The average molecular weight is 440 g/mol. The third kappa shape index (κ3) is 4.25. The molecule has 2 aromatic carbocycles. The molecule has 0 N–H and O–H groups in total. The van der Waals surface area contributed by atoms with E-state index in [1.165, 1.54) is 6.07 Å². The van der Waals surface area contributed by atoms with Gasteiger partial charge >= 0.3 is 0 Å². The fourth-order valence-corrected chi connectivity index (χ4v) is 4.05. The Hall–Kier alpha value is -3.39. The number of carbonyl (C=O) groups excluding carboxylic acids is 1. The lowest BCUT2D eigenvalue weighted by atomic mass is 10.1. The van der Waals surface area contributed by atoms with Crippen molar-refractivity contribution in [2.75, 3.05) is 31.1 Å². The van der Waals surface area contributed by atoms with Crippen LogP contribution in [-0.2, 0) is 0 Å². The second-order valence-electron chi connectivity index (χ2n) is 7.56. The molecule has 3 aromatic rings. The molecule has 1 aliphatic heterocycles. The first-order valence-corrected chi connectivity index (χ1v) is 10.3. The van der Waals surface area contributed by atoms with Gasteiger partial charge in [0.15, 0.2) is 0 Å². The van der Waals surface area contributed by atoms with Crippen LogP contribution in [0.5, 0.6) is 0 Å². The molecule has 0 spiro atoms. The molecule has 9 heteroatoms. The molecule has 0 bridgehead atoms. The van der Waals surface area contributed by atoms with Crippen molar-refractivity contribution >= 4 is 28.9 Å². The van der Waals surface area contributed by atoms with E-state index in [0.29, 0.717) is 42.5 Å². The maximum Gasteiger partial charge on any atom is 0.294 e. The fourth-order valence-electron chi connectivity index (χ4n) is 3.88. The summed E-state index contributed by atoms with van der Waals surface area (Å²) < 4.78 is 1.85. The van der Waals surface area contributed by atoms with Gasteiger partial charge in [0.1, 0.15) is 5.69 Å². The highest BCUT2D eigenvalue weighted by atomic mass is 35.5. The van der Waals surface area contributed by atoms with Crippen molar-refractivity contribution in [2.24, 2.45) is 0 Å². The molecule has 1 saturated heterocycles. The van der Waals surface area contributed by atoms with Crippen molar-refractivity contribution in [3.63, 3.8) is 0 Å². The van der Waals surface area contributed by atoms with Crippen LogP contribution in [0.1, 0.15) is 21.7 Å². The lowest BCUT2D eigenvalue weighted by Gasteiger charge is -2.35. The second-order valence-corrected chi connectivity index (χ2v) is 7.99. The van der Waals surface area contributed by atoms with Crippen LogP contribution in [0.3, 0.4) is 0 Å². The van der Waals surface area contributed by atoms with Gasteiger partial charge in [-0.15, -0.1) is 0 Å². The van der Waals surface area contributed by atoms with Crippen LogP contribution >= 0.6 is 11.6 Å². The van der Waals surface area contributed by atoms with E-state index >= 15 is 0 Å². The van der Waals surface area contributed by atoms with Gasteiger partial charge in [0.2, 0.25) is 0 Å². The Labute approximate surface area is 184 Å². The monoisotopic (exact) mass is 439 g/mol. The van der Waals surface area contributed by atoms with Crippen molar-refractivity contribution < 1.29 is 9.72 Å². The molecule has 0 unspecified atom stereocenters. The van der Waals surface area contributed by atoms with Gasteiger partial charge in [-0.3, -0.25) is 14.9 Å². The molecule has 1 aliphatic rings. The molecule has 1 amide bonds. The number of halogens is 1. The maximum absolute atomic E-state index is 12.9. The Bertz CT molecular complexity index is 1130. The molecule has 0 atom stereocenters. The van der Waals surface area contributed by atoms with Crippen molar-refractivity contribution in [1.29, 1.82) is 0 Å². The summed E-state index contributed by atoms with van der Waals surface area (Å²) in [6.07, 6.45) is 0. The SMILES string of the molecule is Cc1cc(C)n(-c2ccc(C(=O)N3CCN(c4ccc(Cl)cc4[N+](=O)[O-])CC3)cc2)n1. The van der Waals surface area contributed by atoms with E-state index in [1.807, 2.05) is 53.8 Å². The van der Waals surface area contributed by atoms with Gasteiger partial charge in [0, 0.05) is 48.5 Å². The van der Waals surface area contributed by atoms with E-state index in [-0.39, 0.29) is 11.6 Å². The van der Waals surface area contributed by atoms with Crippen molar-refractivity contribution in [2.45, 2.75) is 13.8 Å². The first-order chi connectivity index (χ1) is 14.8. The maximum atomic E-state index is 12.9. The number of nitro benzene ring substituents is 1. The Morgan fingerprint density at radius 2 is 1.71 bits per heavy atom. The minimum absolute atomic E-state index is 0.0213. The molecular weight excluding hydrogens is 418 g/mol. The number of nitro groups is 1. The van der Waals surface area contributed by atoms with E-state index in [9.17, 15) is 14.9 Å². The largest absolute Gasteiger partial charge is 0.362 e. The van der Waals surface area contributed by atoms with Gasteiger partial charge in [0.05, 0.1) is 16.3 Å². The first-order valence-electron chi connectivity index (χ1n) is 9.95. The van der Waals surface area contributed by atoms with E-state index in [2.05, 4.69) is 5.10 Å². The minimum atomic E-state index is -0.427. The van der Waals surface area contributed by atoms with E-state index in [0.717, 1.165) is 17.1 Å². The second kappa shape index (κ2) is 8.39. The molecular formula is C22H22ClN5O3. The number of rotatable bonds is 4. The molecule has 1 aromatic heterocycles. The number of hydrogen-bond donors (Lipinski definition) is 0. The van der Waals surface area contributed by atoms with E-state index in [4.69, 9.17) is 11.6 Å². The van der Waals surface area contributed by atoms with Gasteiger partial charge < -0.3 is 9.80 Å². The fraction of sp³-hybridized carbons (Fsp3) is 0.273. The van der Waals surface area contributed by atoms with Crippen LogP contribution in [0.4, 0.5) is 11.4 Å². The third-order valence-electron chi connectivity index (χ3n) is 5.41. The number of carbonyl (C=O) groups is 1. The molecule has 4 rings (SSSR count). The molecule has 0 radical (unpaired) electrons. The molecule has 0 saturated carbocycles. The number of hydrogen-bond acceptors (Lipinski definition) is 5. The van der Waals surface area contributed by atoms with Crippen LogP contribution in [-0.4, -0.2) is 51.7 Å². The lowest BCUT2D eigenvalue weighted by Crippen LogP contribution is -2.49. The Kier molecular flexibility index (Phi) is 5.65. The first kappa shape index (κ1) is 20.9. The standard InChI is InChI=1S/C22H22ClN5O3/c1-15-13-16(2)27(24-15)19-6-3-17(4-7-19)22(29)26-11-9-25(10-12-26)20-8-5-18(23)14-21(20)28(30)31/h3-8,13-14H,9-12H2,1-2H3. The Morgan fingerprint density at radius 1 is 1.03 bits per heavy atom. The topological polar surface area (TPSA) is 84.5 Å². The highest BCUT2D eigenvalue weighted by molar-refractivity contribution is 6.30. The average Bonchev–Trinajstić information content (AvgIpc) is 3.11. The van der Waals surface area contributed by atoms with E-state index in [1.54, 1.807) is 17.0 Å². The summed E-state index contributed by atoms with van der Waals surface area (Å²) in [4.78, 5) is 27.6. The molecule has 2 heterocycles. The van der Waals surface area contributed by atoms with Gasteiger partial charge in [-0.05, 0) is 56.3 Å². The van der Waals surface area contributed by atoms with Crippen LogP contribution in [0.2, 0.25) is 5.02 Å². The van der Waals surface area contributed by atoms with Gasteiger partial charge in [-0.25, -0.2) is 4.68 Å². The number of aryl methyl sites for hydroxylation is 2. The van der Waals surface area contributed by atoms with Crippen molar-refractivity contribution in [3.05, 3.63) is 80.6 Å². The zero-order valence-corrected chi connectivity index (χ0v) is 18.0. The van der Waals surface area contributed by atoms with Crippen LogP contribution in [0.15, 0.2) is 48.5 Å². The quantitative estimate of drug-likeness (QED) is 0.453. The molecule has 160 valence electrons. The lowest BCUT2D eigenvalue weighted by molar-refractivity contribution is -0.384. The summed E-state index contributed by atoms with van der Waals surface area (Å²) in [7, 11) is 0. The zero-order valence-electron chi connectivity index (χ0n) is 17.3.